The first-order chi connectivity index (χ1) is 17.0. The van der Waals surface area contributed by atoms with E-state index < -0.39 is 0 Å². The summed E-state index contributed by atoms with van der Waals surface area (Å²) in [5.74, 6) is 1.22. The Hall–Kier alpha value is -4.03. The number of nitrogens with one attached hydrogen (secondary N) is 2. The number of pyridine rings is 1. The monoisotopic (exact) mass is 485 g/mol. The van der Waals surface area contributed by atoms with Gasteiger partial charge in [0, 0.05) is 12.6 Å². The molecule has 0 radical (unpaired) electrons. The number of halogens is 1. The summed E-state index contributed by atoms with van der Waals surface area (Å²) in [6.07, 6.45) is 2.45. The van der Waals surface area contributed by atoms with E-state index in [0.29, 0.717) is 29.4 Å². The highest BCUT2D eigenvalue weighted by atomic mass is 35.5. The average Bonchev–Trinajstić information content (AvgIpc) is 3.00. The van der Waals surface area contributed by atoms with E-state index in [9.17, 15) is 4.79 Å². The molecule has 6 nitrogen and oxygen atoms in total. The van der Waals surface area contributed by atoms with Crippen molar-refractivity contribution in [3.63, 3.8) is 0 Å². The second kappa shape index (κ2) is 9.68. The highest BCUT2D eigenvalue weighted by Gasteiger charge is 2.20. The van der Waals surface area contributed by atoms with Crippen LogP contribution in [-0.4, -0.2) is 24.6 Å². The van der Waals surface area contributed by atoms with Gasteiger partial charge in [0.05, 0.1) is 47.1 Å². The Morgan fingerprint density at radius 1 is 0.886 bits per heavy atom. The van der Waals surface area contributed by atoms with E-state index in [1.54, 1.807) is 19.4 Å². The molecule has 4 aromatic rings. The zero-order valence-corrected chi connectivity index (χ0v) is 20.1. The van der Waals surface area contributed by atoms with Crippen molar-refractivity contribution >= 4 is 34.6 Å². The summed E-state index contributed by atoms with van der Waals surface area (Å²) in [7, 11) is 1.59. The van der Waals surface area contributed by atoms with E-state index in [1.165, 1.54) is 0 Å². The van der Waals surface area contributed by atoms with Gasteiger partial charge in [0.25, 0.3) is 5.91 Å². The number of carbonyl (C=O) groups excluding carboxylic acids is 1. The Balaban J connectivity index is 1.36. The minimum Gasteiger partial charge on any atom is -0.495 e. The van der Waals surface area contributed by atoms with Crippen LogP contribution in [0.5, 0.6) is 11.5 Å². The van der Waals surface area contributed by atoms with Crippen LogP contribution in [0.3, 0.4) is 0 Å². The fourth-order valence-electron chi connectivity index (χ4n) is 4.06. The van der Waals surface area contributed by atoms with Crippen molar-refractivity contribution in [2.24, 2.45) is 0 Å². The van der Waals surface area contributed by atoms with Crippen LogP contribution in [0.15, 0.2) is 72.9 Å². The number of hydrogen-bond acceptors (Lipinski definition) is 5. The van der Waals surface area contributed by atoms with Crippen molar-refractivity contribution in [3.8, 4) is 22.6 Å². The maximum absolute atomic E-state index is 13.0. The summed E-state index contributed by atoms with van der Waals surface area (Å²) >= 11 is 6.18. The third kappa shape index (κ3) is 4.79. The summed E-state index contributed by atoms with van der Waals surface area (Å²) in [4.78, 5) is 17.2. The fraction of sp³-hybridized carbons (Fsp3) is 0.143. The quantitative estimate of drug-likeness (QED) is 0.320. The molecule has 1 aliphatic rings. The Morgan fingerprint density at radius 3 is 2.54 bits per heavy atom. The number of fused-ring (bicyclic) bond motifs is 2. The first-order valence-electron chi connectivity index (χ1n) is 11.3. The molecule has 0 atom stereocenters. The smallest absolute Gasteiger partial charge is 0.257 e. The van der Waals surface area contributed by atoms with Crippen LogP contribution >= 0.6 is 11.6 Å². The predicted octanol–water partition coefficient (Wildman–Crippen LogP) is 6.65. The van der Waals surface area contributed by atoms with Crippen molar-refractivity contribution in [1.82, 2.24) is 4.98 Å². The number of aryl methyl sites for hydroxylation is 1. The van der Waals surface area contributed by atoms with Gasteiger partial charge in [0.2, 0.25) is 0 Å². The summed E-state index contributed by atoms with van der Waals surface area (Å²) in [6.45, 7) is 2.44. The second-order valence-corrected chi connectivity index (χ2v) is 8.66. The van der Waals surface area contributed by atoms with Crippen LogP contribution in [0.25, 0.3) is 11.1 Å². The molecular formula is C28H24ClN3O3. The van der Waals surface area contributed by atoms with Gasteiger partial charge in [0.1, 0.15) is 11.5 Å². The lowest BCUT2D eigenvalue weighted by Gasteiger charge is -2.13. The van der Waals surface area contributed by atoms with Gasteiger partial charge >= 0.3 is 0 Å². The van der Waals surface area contributed by atoms with Gasteiger partial charge in [-0.1, -0.05) is 29.8 Å². The fourth-order valence-corrected chi connectivity index (χ4v) is 4.25. The molecule has 3 aromatic carbocycles. The summed E-state index contributed by atoms with van der Waals surface area (Å²) in [6, 6.07) is 21.1. The standard InChI is InChI=1S/C28H24ClN3O3/c1-17-26(4-3-12-30-17)35-13-11-18-5-10-23-25(14-18)32-28(33)21-8-6-19(15-24(21)31-23)20-7-9-22(29)27(16-20)34-2/h3-10,12,14-16,31H,11,13H2,1-2H3,(H,32,33). The van der Waals surface area contributed by atoms with Gasteiger partial charge in [-0.3, -0.25) is 9.78 Å². The number of amides is 1. The molecule has 2 heterocycles. The third-order valence-corrected chi connectivity index (χ3v) is 6.27. The molecule has 176 valence electrons. The largest absolute Gasteiger partial charge is 0.495 e. The van der Waals surface area contributed by atoms with Crippen molar-refractivity contribution in [2.75, 3.05) is 24.4 Å². The lowest BCUT2D eigenvalue weighted by atomic mass is 10.0. The van der Waals surface area contributed by atoms with Crippen LogP contribution in [0, 0.1) is 6.92 Å². The van der Waals surface area contributed by atoms with E-state index in [1.807, 2.05) is 67.6 Å². The Morgan fingerprint density at radius 2 is 1.71 bits per heavy atom. The molecule has 1 aliphatic heterocycles. The zero-order chi connectivity index (χ0) is 24.4. The molecule has 1 aromatic heterocycles. The van der Waals surface area contributed by atoms with Gasteiger partial charge in [-0.25, -0.2) is 0 Å². The molecule has 2 N–H and O–H groups in total. The van der Waals surface area contributed by atoms with Crippen LogP contribution in [0.2, 0.25) is 5.02 Å². The van der Waals surface area contributed by atoms with E-state index >= 15 is 0 Å². The Bertz CT molecular complexity index is 1420. The minimum absolute atomic E-state index is 0.161. The normalized spacial score (nSPS) is 12.0. The summed E-state index contributed by atoms with van der Waals surface area (Å²) in [5, 5.41) is 7.00. The third-order valence-electron chi connectivity index (χ3n) is 5.96. The van der Waals surface area contributed by atoms with Crippen molar-refractivity contribution in [3.05, 3.63) is 94.8 Å². The van der Waals surface area contributed by atoms with Crippen LogP contribution < -0.4 is 20.1 Å². The average molecular weight is 486 g/mol. The number of rotatable bonds is 6. The molecule has 0 saturated heterocycles. The number of aromatic nitrogens is 1. The predicted molar refractivity (Wildman–Crippen MR) is 139 cm³/mol. The molecule has 35 heavy (non-hydrogen) atoms. The number of methoxy groups -OCH3 is 1. The lowest BCUT2D eigenvalue weighted by Crippen LogP contribution is -2.11. The molecule has 7 heteroatoms. The number of carbonyl (C=O) groups is 1. The molecule has 0 spiro atoms. The lowest BCUT2D eigenvalue weighted by molar-refractivity contribution is 0.102. The molecule has 0 bridgehead atoms. The SMILES string of the molecule is COc1cc(-c2ccc3c(c2)Nc2ccc(CCOc4cccnc4C)cc2NC3=O)ccc1Cl. The molecule has 5 rings (SSSR count). The molecule has 1 amide bonds. The van der Waals surface area contributed by atoms with E-state index in [4.69, 9.17) is 21.1 Å². The summed E-state index contributed by atoms with van der Waals surface area (Å²) in [5.41, 5.74) is 6.68. The van der Waals surface area contributed by atoms with Gasteiger partial charge < -0.3 is 20.1 Å². The number of benzene rings is 3. The van der Waals surface area contributed by atoms with E-state index in [0.717, 1.165) is 45.2 Å². The van der Waals surface area contributed by atoms with Crippen LogP contribution in [0.1, 0.15) is 21.6 Å². The van der Waals surface area contributed by atoms with Crippen molar-refractivity contribution in [1.29, 1.82) is 0 Å². The van der Waals surface area contributed by atoms with Crippen LogP contribution in [0.4, 0.5) is 17.1 Å². The maximum Gasteiger partial charge on any atom is 0.257 e. The molecule has 0 unspecified atom stereocenters. The van der Waals surface area contributed by atoms with Crippen molar-refractivity contribution in [2.45, 2.75) is 13.3 Å². The first-order valence-corrected chi connectivity index (χ1v) is 11.6. The first kappa shape index (κ1) is 22.7. The molecule has 0 saturated carbocycles. The van der Waals surface area contributed by atoms with Gasteiger partial charge in [0.15, 0.2) is 0 Å². The number of anilines is 3. The Kier molecular flexibility index (Phi) is 6.29. The molecular weight excluding hydrogens is 462 g/mol. The van der Waals surface area contributed by atoms with E-state index in [2.05, 4.69) is 15.6 Å². The van der Waals surface area contributed by atoms with Gasteiger partial charge in [-0.15, -0.1) is 0 Å². The summed E-state index contributed by atoms with van der Waals surface area (Å²) < 4.78 is 11.2. The minimum atomic E-state index is -0.161. The topological polar surface area (TPSA) is 72.5 Å². The maximum atomic E-state index is 13.0. The molecule has 0 fully saturated rings. The van der Waals surface area contributed by atoms with Crippen molar-refractivity contribution < 1.29 is 14.3 Å². The highest BCUT2D eigenvalue weighted by Crippen LogP contribution is 2.37. The van der Waals surface area contributed by atoms with Gasteiger partial charge in [-0.2, -0.15) is 0 Å². The Labute approximate surface area is 208 Å². The van der Waals surface area contributed by atoms with Gasteiger partial charge in [-0.05, 0) is 72.1 Å². The highest BCUT2D eigenvalue weighted by molar-refractivity contribution is 6.32. The second-order valence-electron chi connectivity index (χ2n) is 8.25. The van der Waals surface area contributed by atoms with E-state index in [-0.39, 0.29) is 5.91 Å². The number of hydrogen-bond donors (Lipinski definition) is 2. The van der Waals surface area contributed by atoms with Crippen LogP contribution in [-0.2, 0) is 6.42 Å². The molecule has 0 aliphatic carbocycles. The number of nitrogens with zero attached hydrogens (tertiary/aromatic N) is 1. The zero-order valence-electron chi connectivity index (χ0n) is 19.4. The number of ether oxygens (including phenoxy) is 2.